The summed E-state index contributed by atoms with van der Waals surface area (Å²) in [6.45, 7) is 4.60. The van der Waals surface area contributed by atoms with E-state index in [0.29, 0.717) is 6.54 Å². The van der Waals surface area contributed by atoms with Crippen molar-refractivity contribution in [3.63, 3.8) is 0 Å². The molecule has 0 aliphatic carbocycles. The zero-order valence-corrected chi connectivity index (χ0v) is 14.7. The van der Waals surface area contributed by atoms with Gasteiger partial charge in [0.15, 0.2) is 0 Å². The molecule has 0 aromatic heterocycles. The Hall–Kier alpha value is -2.62. The van der Waals surface area contributed by atoms with Crippen LogP contribution in [0.2, 0.25) is 0 Å². The van der Waals surface area contributed by atoms with E-state index in [2.05, 4.69) is 11.4 Å². The van der Waals surface area contributed by atoms with E-state index in [1.54, 1.807) is 18.2 Å². The third kappa shape index (κ3) is 7.21. The number of carbonyl (C=O) groups is 1. The Kier molecular flexibility index (Phi) is 7.20. The van der Waals surface area contributed by atoms with Gasteiger partial charge in [-0.3, -0.25) is 4.79 Å². The van der Waals surface area contributed by atoms with Crippen LogP contribution in [0.25, 0.3) is 6.08 Å². The number of hydrogen-bond donors (Lipinski definition) is 1. The molecule has 25 heavy (non-hydrogen) atoms. The summed E-state index contributed by atoms with van der Waals surface area (Å²) in [4.78, 5) is 11.8. The fourth-order valence-electron chi connectivity index (χ4n) is 2.36. The molecule has 0 unspecified atom stereocenters. The first-order valence-corrected chi connectivity index (χ1v) is 8.50. The van der Waals surface area contributed by atoms with Crippen LogP contribution in [-0.4, -0.2) is 18.6 Å². The molecular formula is C21H24FNO2. The highest BCUT2D eigenvalue weighted by molar-refractivity contribution is 5.91. The van der Waals surface area contributed by atoms with E-state index in [1.165, 1.54) is 23.8 Å². The average Bonchev–Trinajstić information content (AvgIpc) is 2.58. The molecule has 2 aromatic carbocycles. The number of amides is 1. The van der Waals surface area contributed by atoms with Gasteiger partial charge in [0.05, 0.1) is 6.10 Å². The lowest BCUT2D eigenvalue weighted by Crippen LogP contribution is -2.22. The maximum Gasteiger partial charge on any atom is 0.243 e. The molecule has 132 valence electrons. The number of rotatable bonds is 8. The normalized spacial score (nSPS) is 11.0. The molecule has 1 N–H and O–H groups in total. The largest absolute Gasteiger partial charge is 0.491 e. The van der Waals surface area contributed by atoms with E-state index in [9.17, 15) is 9.18 Å². The summed E-state index contributed by atoms with van der Waals surface area (Å²) >= 11 is 0. The van der Waals surface area contributed by atoms with Crippen LogP contribution < -0.4 is 10.1 Å². The number of benzene rings is 2. The summed E-state index contributed by atoms with van der Waals surface area (Å²) in [7, 11) is 0. The van der Waals surface area contributed by atoms with Gasteiger partial charge in [-0.15, -0.1) is 0 Å². The van der Waals surface area contributed by atoms with Gasteiger partial charge in [-0.05, 0) is 68.2 Å². The van der Waals surface area contributed by atoms with Crippen LogP contribution in [0.3, 0.4) is 0 Å². The van der Waals surface area contributed by atoms with Crippen LogP contribution >= 0.6 is 0 Å². The van der Waals surface area contributed by atoms with Gasteiger partial charge in [-0.2, -0.15) is 0 Å². The molecule has 0 atom stereocenters. The number of halogens is 1. The van der Waals surface area contributed by atoms with Crippen molar-refractivity contribution in [2.24, 2.45) is 0 Å². The zero-order chi connectivity index (χ0) is 18.1. The maximum absolute atomic E-state index is 12.8. The van der Waals surface area contributed by atoms with Gasteiger partial charge in [0.1, 0.15) is 11.6 Å². The van der Waals surface area contributed by atoms with Gasteiger partial charge in [0, 0.05) is 12.6 Å². The molecule has 0 saturated carbocycles. The number of aryl methyl sites for hydroxylation is 1. The van der Waals surface area contributed by atoms with Crippen LogP contribution in [0.1, 0.15) is 31.4 Å². The van der Waals surface area contributed by atoms with E-state index in [4.69, 9.17) is 4.74 Å². The van der Waals surface area contributed by atoms with E-state index < -0.39 is 0 Å². The highest BCUT2D eigenvalue weighted by Crippen LogP contribution is 2.15. The topological polar surface area (TPSA) is 38.3 Å². The second-order valence-corrected chi connectivity index (χ2v) is 6.09. The molecule has 0 aliphatic rings. The summed E-state index contributed by atoms with van der Waals surface area (Å²) in [6, 6.07) is 14.0. The molecule has 0 heterocycles. The Morgan fingerprint density at radius 2 is 1.96 bits per heavy atom. The van der Waals surface area contributed by atoms with Gasteiger partial charge in [0.2, 0.25) is 5.91 Å². The van der Waals surface area contributed by atoms with Crippen molar-refractivity contribution < 1.29 is 13.9 Å². The van der Waals surface area contributed by atoms with Crippen LogP contribution in [0.15, 0.2) is 54.6 Å². The van der Waals surface area contributed by atoms with Gasteiger partial charge in [-0.1, -0.05) is 24.3 Å². The van der Waals surface area contributed by atoms with Crippen LogP contribution in [0, 0.1) is 5.82 Å². The molecule has 2 rings (SSSR count). The summed E-state index contributed by atoms with van der Waals surface area (Å²) in [5, 5.41) is 2.85. The monoisotopic (exact) mass is 341 g/mol. The second-order valence-electron chi connectivity index (χ2n) is 6.09. The minimum Gasteiger partial charge on any atom is -0.491 e. The first-order chi connectivity index (χ1) is 12.0. The van der Waals surface area contributed by atoms with Crippen molar-refractivity contribution in [2.45, 2.75) is 32.8 Å². The lowest BCUT2D eigenvalue weighted by atomic mass is 10.1. The third-order valence-electron chi connectivity index (χ3n) is 3.51. The SMILES string of the molecule is CC(C)Oc1cccc(CCCNC(=O)/C=C/c2ccc(F)cc2)c1. The molecule has 3 nitrogen and oxygen atoms in total. The quantitative estimate of drug-likeness (QED) is 0.572. The lowest BCUT2D eigenvalue weighted by molar-refractivity contribution is -0.116. The first kappa shape index (κ1) is 18.7. The summed E-state index contributed by atoms with van der Waals surface area (Å²) in [5.41, 5.74) is 1.98. The maximum atomic E-state index is 12.8. The zero-order valence-electron chi connectivity index (χ0n) is 14.7. The molecule has 0 spiro atoms. The smallest absolute Gasteiger partial charge is 0.243 e. The summed E-state index contributed by atoms with van der Waals surface area (Å²) in [6.07, 6.45) is 5.01. The molecule has 0 aliphatic heterocycles. The number of ether oxygens (including phenoxy) is 1. The first-order valence-electron chi connectivity index (χ1n) is 8.50. The van der Waals surface area contributed by atoms with Gasteiger partial charge in [-0.25, -0.2) is 4.39 Å². The number of hydrogen-bond acceptors (Lipinski definition) is 2. The average molecular weight is 341 g/mol. The summed E-state index contributed by atoms with van der Waals surface area (Å²) < 4.78 is 18.5. The van der Waals surface area contributed by atoms with E-state index in [-0.39, 0.29) is 17.8 Å². The second kappa shape index (κ2) is 9.62. The third-order valence-corrected chi connectivity index (χ3v) is 3.51. The predicted octanol–water partition coefficient (Wildman–Crippen LogP) is 4.38. The van der Waals surface area contributed by atoms with Crippen LogP contribution in [0.4, 0.5) is 4.39 Å². The minimum atomic E-state index is -0.288. The van der Waals surface area contributed by atoms with Gasteiger partial charge < -0.3 is 10.1 Å². The Morgan fingerprint density at radius 3 is 2.68 bits per heavy atom. The molecule has 1 amide bonds. The van der Waals surface area contributed by atoms with Crippen molar-refractivity contribution >= 4 is 12.0 Å². The Morgan fingerprint density at radius 1 is 1.20 bits per heavy atom. The highest BCUT2D eigenvalue weighted by atomic mass is 19.1. The fourth-order valence-corrected chi connectivity index (χ4v) is 2.36. The van der Waals surface area contributed by atoms with Crippen molar-refractivity contribution in [3.05, 3.63) is 71.6 Å². The molecule has 0 bridgehead atoms. The van der Waals surface area contributed by atoms with E-state index in [0.717, 1.165) is 24.2 Å². The van der Waals surface area contributed by atoms with Crippen molar-refractivity contribution in [1.82, 2.24) is 5.32 Å². The molecule has 4 heteroatoms. The molecule has 2 aromatic rings. The molecule has 0 fully saturated rings. The Balaban J connectivity index is 1.71. The fraction of sp³-hybridized carbons (Fsp3) is 0.286. The lowest BCUT2D eigenvalue weighted by Gasteiger charge is -2.11. The summed E-state index contributed by atoms with van der Waals surface area (Å²) in [5.74, 6) is 0.435. The molecular weight excluding hydrogens is 317 g/mol. The van der Waals surface area contributed by atoms with Crippen LogP contribution in [0.5, 0.6) is 5.75 Å². The van der Waals surface area contributed by atoms with Gasteiger partial charge >= 0.3 is 0 Å². The van der Waals surface area contributed by atoms with Gasteiger partial charge in [0.25, 0.3) is 0 Å². The molecule has 0 radical (unpaired) electrons. The standard InChI is InChI=1S/C21H24FNO2/c1-16(2)25-20-7-3-5-18(15-20)6-4-14-23-21(24)13-10-17-8-11-19(22)12-9-17/h3,5,7-13,15-16H,4,6,14H2,1-2H3,(H,23,24)/b13-10+. The van der Waals surface area contributed by atoms with Crippen molar-refractivity contribution in [3.8, 4) is 5.75 Å². The minimum absolute atomic E-state index is 0.152. The van der Waals surface area contributed by atoms with Crippen LogP contribution in [-0.2, 0) is 11.2 Å². The number of carbonyl (C=O) groups excluding carboxylic acids is 1. The highest BCUT2D eigenvalue weighted by Gasteiger charge is 2.01. The predicted molar refractivity (Wildman–Crippen MR) is 99.0 cm³/mol. The Labute approximate surface area is 148 Å². The Bertz CT molecular complexity index is 708. The van der Waals surface area contributed by atoms with E-state index >= 15 is 0 Å². The van der Waals surface area contributed by atoms with E-state index in [1.807, 2.05) is 32.0 Å². The molecule has 0 saturated heterocycles. The van der Waals surface area contributed by atoms with Crippen molar-refractivity contribution in [1.29, 1.82) is 0 Å². The number of nitrogens with one attached hydrogen (secondary N) is 1. The van der Waals surface area contributed by atoms with Crippen molar-refractivity contribution in [2.75, 3.05) is 6.54 Å².